The van der Waals surface area contributed by atoms with Gasteiger partial charge in [-0.1, -0.05) is 0 Å². The van der Waals surface area contributed by atoms with Crippen LogP contribution in [0.5, 0.6) is 0 Å². The molecule has 4 nitrogen and oxygen atoms in total. The normalized spacial score (nSPS) is 10.1. The molecular weight excluding hydrogens is 277 g/mol. The van der Waals surface area contributed by atoms with E-state index in [1.165, 1.54) is 30.6 Å². The van der Waals surface area contributed by atoms with Crippen LogP contribution in [0.1, 0.15) is 10.4 Å². The smallest absolute Gasteiger partial charge is 0.258 e. The Morgan fingerprint density at radius 2 is 2.31 bits per heavy atom. The number of hydrogen-bond donors (Lipinski definition) is 2. The van der Waals surface area contributed by atoms with Gasteiger partial charge in [-0.05, 0) is 34.1 Å². The third-order valence-corrected chi connectivity index (χ3v) is 2.63. The van der Waals surface area contributed by atoms with Gasteiger partial charge in [0, 0.05) is 10.7 Å². The highest BCUT2D eigenvalue weighted by Crippen LogP contribution is 2.23. The molecule has 0 radical (unpaired) electrons. The highest BCUT2D eigenvalue weighted by Gasteiger charge is 2.09. The molecule has 0 aliphatic carbocycles. The van der Waals surface area contributed by atoms with Crippen LogP contribution in [0.4, 0.5) is 10.1 Å². The second-order valence-corrected chi connectivity index (χ2v) is 3.92. The number of H-pyrrole nitrogens is 1. The fraction of sp³-hybridized carbons (Fsp3) is 0. The first-order valence-corrected chi connectivity index (χ1v) is 5.21. The summed E-state index contributed by atoms with van der Waals surface area (Å²) in [5, 5.41) is 8.75. The van der Waals surface area contributed by atoms with Gasteiger partial charge in [0.05, 0.1) is 17.4 Å². The van der Waals surface area contributed by atoms with Gasteiger partial charge in [0.15, 0.2) is 0 Å². The number of hydrogen-bond acceptors (Lipinski definition) is 2. The van der Waals surface area contributed by atoms with Gasteiger partial charge in [-0.25, -0.2) is 4.39 Å². The molecule has 0 saturated carbocycles. The van der Waals surface area contributed by atoms with Crippen LogP contribution in [-0.4, -0.2) is 16.1 Å². The average molecular weight is 284 g/mol. The predicted molar refractivity (Wildman–Crippen MR) is 60.6 cm³/mol. The molecule has 0 spiro atoms. The number of halogens is 2. The maximum atomic E-state index is 12.9. The molecule has 2 N–H and O–H groups in total. The summed E-state index contributed by atoms with van der Waals surface area (Å²) in [4.78, 5) is 11.6. The van der Waals surface area contributed by atoms with Crippen molar-refractivity contribution in [3.8, 4) is 0 Å². The lowest BCUT2D eigenvalue weighted by Crippen LogP contribution is -2.11. The molecule has 0 unspecified atom stereocenters. The minimum atomic E-state index is -0.411. The number of aromatic amines is 1. The van der Waals surface area contributed by atoms with Crippen molar-refractivity contribution in [1.82, 2.24) is 10.2 Å². The molecule has 6 heteroatoms. The Kier molecular flexibility index (Phi) is 3.00. The molecule has 2 aromatic rings. The Hall–Kier alpha value is -1.69. The number of nitrogens with one attached hydrogen (secondary N) is 2. The van der Waals surface area contributed by atoms with E-state index in [9.17, 15) is 9.18 Å². The van der Waals surface area contributed by atoms with E-state index < -0.39 is 5.82 Å². The standard InChI is InChI=1S/C10H7BrFN3O/c11-8-2-1-7(12)3-9(8)15-10(16)6-4-13-14-5-6/h1-5H,(H,13,14)(H,15,16). The zero-order valence-corrected chi connectivity index (χ0v) is 9.58. The second-order valence-electron chi connectivity index (χ2n) is 3.07. The summed E-state index contributed by atoms with van der Waals surface area (Å²) in [5.74, 6) is -0.759. The lowest BCUT2D eigenvalue weighted by molar-refractivity contribution is 0.102. The number of aromatic nitrogens is 2. The second kappa shape index (κ2) is 4.44. The quantitative estimate of drug-likeness (QED) is 0.890. The van der Waals surface area contributed by atoms with Crippen LogP contribution >= 0.6 is 15.9 Å². The number of rotatable bonds is 2. The number of benzene rings is 1. The minimum absolute atomic E-state index is 0.347. The van der Waals surface area contributed by atoms with Crippen molar-refractivity contribution in [1.29, 1.82) is 0 Å². The summed E-state index contributed by atoms with van der Waals surface area (Å²) in [5.41, 5.74) is 0.766. The van der Waals surface area contributed by atoms with Crippen LogP contribution < -0.4 is 5.32 Å². The number of carbonyl (C=O) groups is 1. The monoisotopic (exact) mass is 283 g/mol. The maximum absolute atomic E-state index is 12.9. The maximum Gasteiger partial charge on any atom is 0.258 e. The Balaban J connectivity index is 2.21. The zero-order valence-electron chi connectivity index (χ0n) is 8.00. The third kappa shape index (κ3) is 2.27. The molecular formula is C10H7BrFN3O. The molecule has 1 amide bonds. The summed E-state index contributed by atoms with van der Waals surface area (Å²) >= 11 is 3.22. The lowest BCUT2D eigenvalue weighted by atomic mass is 10.3. The van der Waals surface area contributed by atoms with Crippen molar-refractivity contribution < 1.29 is 9.18 Å². The molecule has 1 aromatic heterocycles. The molecule has 1 aromatic carbocycles. The van der Waals surface area contributed by atoms with E-state index in [1.807, 2.05) is 0 Å². The first-order valence-electron chi connectivity index (χ1n) is 4.42. The molecule has 2 rings (SSSR count). The van der Waals surface area contributed by atoms with Gasteiger partial charge in [-0.2, -0.15) is 5.10 Å². The highest BCUT2D eigenvalue weighted by atomic mass is 79.9. The van der Waals surface area contributed by atoms with Gasteiger partial charge in [0.25, 0.3) is 5.91 Å². The Labute approximate surface area is 99.0 Å². The number of amides is 1. The molecule has 0 fully saturated rings. The van der Waals surface area contributed by atoms with E-state index in [2.05, 4.69) is 31.4 Å². The van der Waals surface area contributed by atoms with Gasteiger partial charge >= 0.3 is 0 Å². The molecule has 0 bridgehead atoms. The molecule has 82 valence electrons. The van der Waals surface area contributed by atoms with Crippen molar-refractivity contribution in [2.24, 2.45) is 0 Å². The van der Waals surface area contributed by atoms with Gasteiger partial charge in [-0.15, -0.1) is 0 Å². The summed E-state index contributed by atoms with van der Waals surface area (Å²) in [6.07, 6.45) is 2.85. The Morgan fingerprint density at radius 1 is 1.50 bits per heavy atom. The van der Waals surface area contributed by atoms with Crippen molar-refractivity contribution in [3.05, 3.63) is 46.4 Å². The van der Waals surface area contributed by atoms with Gasteiger partial charge in [0.1, 0.15) is 5.82 Å². The van der Waals surface area contributed by atoms with Crippen LogP contribution in [0.2, 0.25) is 0 Å². The molecule has 16 heavy (non-hydrogen) atoms. The van der Waals surface area contributed by atoms with E-state index in [0.29, 0.717) is 15.7 Å². The third-order valence-electron chi connectivity index (χ3n) is 1.94. The predicted octanol–water partition coefficient (Wildman–Crippen LogP) is 2.56. The van der Waals surface area contributed by atoms with Crippen LogP contribution in [0, 0.1) is 5.82 Å². The average Bonchev–Trinajstić information content (AvgIpc) is 2.76. The van der Waals surface area contributed by atoms with Crippen LogP contribution in [0.25, 0.3) is 0 Å². The van der Waals surface area contributed by atoms with Crippen LogP contribution in [0.3, 0.4) is 0 Å². The Bertz CT molecular complexity index is 513. The Morgan fingerprint density at radius 3 is 3.00 bits per heavy atom. The van der Waals surface area contributed by atoms with Crippen molar-refractivity contribution in [2.75, 3.05) is 5.32 Å². The first kappa shape index (κ1) is 10.8. The summed E-state index contributed by atoms with van der Waals surface area (Å²) in [7, 11) is 0. The van der Waals surface area contributed by atoms with E-state index >= 15 is 0 Å². The lowest BCUT2D eigenvalue weighted by Gasteiger charge is -2.05. The molecule has 0 saturated heterocycles. The van der Waals surface area contributed by atoms with E-state index in [0.717, 1.165) is 0 Å². The van der Waals surface area contributed by atoms with Crippen molar-refractivity contribution >= 4 is 27.5 Å². The summed E-state index contributed by atoms with van der Waals surface area (Å²) < 4.78 is 13.6. The molecule has 1 heterocycles. The van der Waals surface area contributed by atoms with Gasteiger partial charge < -0.3 is 5.32 Å². The van der Waals surface area contributed by atoms with E-state index in [1.54, 1.807) is 0 Å². The first-order chi connectivity index (χ1) is 7.66. The SMILES string of the molecule is O=C(Nc1cc(F)ccc1Br)c1cn[nH]c1. The van der Waals surface area contributed by atoms with E-state index in [4.69, 9.17) is 0 Å². The number of anilines is 1. The summed E-state index contributed by atoms with van der Waals surface area (Å²) in [6, 6.07) is 4.07. The van der Waals surface area contributed by atoms with Crippen molar-refractivity contribution in [3.63, 3.8) is 0 Å². The summed E-state index contributed by atoms with van der Waals surface area (Å²) in [6.45, 7) is 0. The van der Waals surface area contributed by atoms with E-state index in [-0.39, 0.29) is 5.91 Å². The topological polar surface area (TPSA) is 57.8 Å². The largest absolute Gasteiger partial charge is 0.321 e. The molecule has 0 aliphatic heterocycles. The fourth-order valence-corrected chi connectivity index (χ4v) is 1.51. The minimum Gasteiger partial charge on any atom is -0.321 e. The van der Waals surface area contributed by atoms with Gasteiger partial charge in [-0.3, -0.25) is 9.89 Å². The van der Waals surface area contributed by atoms with Crippen molar-refractivity contribution in [2.45, 2.75) is 0 Å². The highest BCUT2D eigenvalue weighted by molar-refractivity contribution is 9.10. The molecule has 0 aliphatic rings. The molecule has 0 atom stereocenters. The fourth-order valence-electron chi connectivity index (χ4n) is 1.16. The number of carbonyl (C=O) groups excluding carboxylic acids is 1. The van der Waals surface area contributed by atoms with Crippen LogP contribution in [0.15, 0.2) is 35.1 Å². The van der Waals surface area contributed by atoms with Gasteiger partial charge in [0.2, 0.25) is 0 Å². The number of nitrogens with zero attached hydrogens (tertiary/aromatic N) is 1. The zero-order chi connectivity index (χ0) is 11.5. The van der Waals surface area contributed by atoms with Crippen LogP contribution in [-0.2, 0) is 0 Å².